The van der Waals surface area contributed by atoms with Crippen LogP contribution in [0, 0.1) is 17.7 Å². The molecule has 1 unspecified atom stereocenters. The minimum Gasteiger partial charge on any atom is -0.395 e. The molecular formula is C16H20FNOS. The molecular weight excluding hydrogens is 273 g/mol. The van der Waals surface area contributed by atoms with Crippen molar-refractivity contribution in [3.63, 3.8) is 0 Å². The molecule has 1 aliphatic rings. The van der Waals surface area contributed by atoms with Crippen LogP contribution in [0.5, 0.6) is 0 Å². The van der Waals surface area contributed by atoms with Gasteiger partial charge in [-0.1, -0.05) is 11.8 Å². The molecule has 0 spiro atoms. The van der Waals surface area contributed by atoms with Gasteiger partial charge in [0, 0.05) is 42.6 Å². The fourth-order valence-electron chi connectivity index (χ4n) is 2.27. The first-order valence-corrected chi connectivity index (χ1v) is 8.05. The van der Waals surface area contributed by atoms with Crippen LogP contribution in [0.25, 0.3) is 0 Å². The summed E-state index contributed by atoms with van der Waals surface area (Å²) in [6.45, 7) is 4.08. The molecule has 0 aliphatic carbocycles. The van der Waals surface area contributed by atoms with Crippen molar-refractivity contribution < 1.29 is 9.50 Å². The van der Waals surface area contributed by atoms with Crippen molar-refractivity contribution >= 4 is 11.8 Å². The quantitative estimate of drug-likeness (QED) is 0.866. The predicted molar refractivity (Wildman–Crippen MR) is 82.2 cm³/mol. The Morgan fingerprint density at radius 1 is 1.45 bits per heavy atom. The summed E-state index contributed by atoms with van der Waals surface area (Å²) in [4.78, 5) is 2.39. The van der Waals surface area contributed by atoms with Gasteiger partial charge in [-0.2, -0.15) is 11.8 Å². The Morgan fingerprint density at radius 3 is 3.05 bits per heavy atom. The van der Waals surface area contributed by atoms with Gasteiger partial charge in [0.15, 0.2) is 0 Å². The molecule has 1 N–H and O–H groups in total. The van der Waals surface area contributed by atoms with Crippen LogP contribution in [0.2, 0.25) is 0 Å². The summed E-state index contributed by atoms with van der Waals surface area (Å²) in [5.41, 5.74) is 1.66. The van der Waals surface area contributed by atoms with Crippen LogP contribution >= 0.6 is 11.8 Å². The van der Waals surface area contributed by atoms with Crippen LogP contribution in [-0.4, -0.2) is 40.7 Å². The third-order valence-corrected chi connectivity index (χ3v) is 4.51. The van der Waals surface area contributed by atoms with E-state index in [2.05, 4.69) is 23.7 Å². The van der Waals surface area contributed by atoms with E-state index < -0.39 is 0 Å². The van der Waals surface area contributed by atoms with Crippen LogP contribution in [-0.2, 0) is 6.54 Å². The van der Waals surface area contributed by atoms with Crippen molar-refractivity contribution in [3.05, 3.63) is 35.1 Å². The molecule has 20 heavy (non-hydrogen) atoms. The lowest BCUT2D eigenvalue weighted by Crippen LogP contribution is -2.39. The van der Waals surface area contributed by atoms with E-state index >= 15 is 0 Å². The SMILES string of the molecule is CC1CSCCN1Cc1cc(F)cc(C#CCCO)c1. The number of aliphatic hydroxyl groups is 1. The molecule has 1 aromatic carbocycles. The second kappa shape index (κ2) is 7.68. The average molecular weight is 293 g/mol. The van der Waals surface area contributed by atoms with Crippen LogP contribution < -0.4 is 0 Å². The summed E-state index contributed by atoms with van der Waals surface area (Å²) in [6, 6.07) is 5.51. The van der Waals surface area contributed by atoms with Gasteiger partial charge < -0.3 is 5.11 Å². The lowest BCUT2D eigenvalue weighted by atomic mass is 10.1. The highest BCUT2D eigenvalue weighted by atomic mass is 32.2. The summed E-state index contributed by atoms with van der Waals surface area (Å²) in [5.74, 6) is 7.78. The van der Waals surface area contributed by atoms with Crippen LogP contribution in [0.15, 0.2) is 18.2 Å². The number of thioether (sulfide) groups is 1. The lowest BCUT2D eigenvalue weighted by molar-refractivity contribution is 0.223. The predicted octanol–water partition coefficient (Wildman–Crippen LogP) is 2.50. The summed E-state index contributed by atoms with van der Waals surface area (Å²) >= 11 is 1.98. The van der Waals surface area contributed by atoms with Crippen molar-refractivity contribution in [3.8, 4) is 11.8 Å². The highest BCUT2D eigenvalue weighted by molar-refractivity contribution is 7.99. The Kier molecular flexibility index (Phi) is 5.90. The maximum atomic E-state index is 13.6. The molecule has 0 amide bonds. The van der Waals surface area contributed by atoms with E-state index in [9.17, 15) is 4.39 Å². The summed E-state index contributed by atoms with van der Waals surface area (Å²) in [5, 5.41) is 8.71. The molecule has 1 saturated heterocycles. The van der Waals surface area contributed by atoms with Gasteiger partial charge in [-0.05, 0) is 30.7 Å². The minimum absolute atomic E-state index is 0.0398. The molecule has 0 radical (unpaired) electrons. The van der Waals surface area contributed by atoms with E-state index in [1.165, 1.54) is 6.07 Å². The zero-order valence-electron chi connectivity index (χ0n) is 11.7. The van der Waals surface area contributed by atoms with Crippen molar-refractivity contribution in [2.45, 2.75) is 25.9 Å². The first kappa shape index (κ1) is 15.4. The summed E-state index contributed by atoms with van der Waals surface area (Å²) in [7, 11) is 0. The molecule has 1 atom stereocenters. The first-order chi connectivity index (χ1) is 9.69. The van der Waals surface area contributed by atoms with Crippen LogP contribution in [0.1, 0.15) is 24.5 Å². The third-order valence-electron chi connectivity index (χ3n) is 3.32. The van der Waals surface area contributed by atoms with Gasteiger partial charge in [0.05, 0.1) is 6.61 Å². The summed E-state index contributed by atoms with van der Waals surface area (Å²) in [6.07, 6.45) is 0.423. The fraction of sp³-hybridized carbons (Fsp3) is 0.500. The van der Waals surface area contributed by atoms with Gasteiger partial charge in [0.2, 0.25) is 0 Å². The second-order valence-corrected chi connectivity index (χ2v) is 6.17. The fourth-order valence-corrected chi connectivity index (χ4v) is 3.35. The molecule has 1 heterocycles. The van der Waals surface area contributed by atoms with E-state index in [0.717, 1.165) is 30.2 Å². The molecule has 108 valence electrons. The zero-order chi connectivity index (χ0) is 14.4. The van der Waals surface area contributed by atoms with Gasteiger partial charge >= 0.3 is 0 Å². The molecule has 4 heteroatoms. The molecule has 2 rings (SSSR count). The van der Waals surface area contributed by atoms with Gasteiger partial charge in [0.1, 0.15) is 5.82 Å². The Balaban J connectivity index is 2.09. The largest absolute Gasteiger partial charge is 0.395 e. The van der Waals surface area contributed by atoms with Gasteiger partial charge in [-0.15, -0.1) is 0 Å². The maximum absolute atomic E-state index is 13.6. The first-order valence-electron chi connectivity index (χ1n) is 6.90. The molecule has 0 aromatic heterocycles. The zero-order valence-corrected chi connectivity index (χ0v) is 12.5. The molecule has 1 aromatic rings. The second-order valence-electron chi connectivity index (χ2n) is 5.02. The molecule has 0 bridgehead atoms. The topological polar surface area (TPSA) is 23.5 Å². The van der Waals surface area contributed by atoms with Gasteiger partial charge in [0.25, 0.3) is 0 Å². The van der Waals surface area contributed by atoms with Crippen molar-refractivity contribution in [1.29, 1.82) is 0 Å². The number of benzene rings is 1. The van der Waals surface area contributed by atoms with E-state index in [0.29, 0.717) is 18.0 Å². The van der Waals surface area contributed by atoms with E-state index in [1.54, 1.807) is 6.07 Å². The molecule has 0 saturated carbocycles. The minimum atomic E-state index is -0.241. The smallest absolute Gasteiger partial charge is 0.124 e. The Labute approximate surface area is 124 Å². The number of hydrogen-bond donors (Lipinski definition) is 1. The number of nitrogens with zero attached hydrogens (tertiary/aromatic N) is 1. The third kappa shape index (κ3) is 4.52. The lowest BCUT2D eigenvalue weighted by Gasteiger charge is -2.33. The monoisotopic (exact) mass is 293 g/mol. The number of aliphatic hydroxyl groups excluding tert-OH is 1. The van der Waals surface area contributed by atoms with Gasteiger partial charge in [-0.25, -0.2) is 4.39 Å². The maximum Gasteiger partial charge on any atom is 0.124 e. The number of rotatable bonds is 3. The highest BCUT2D eigenvalue weighted by Gasteiger charge is 2.18. The number of halogens is 1. The van der Waals surface area contributed by atoms with Crippen LogP contribution in [0.3, 0.4) is 0 Å². The molecule has 1 fully saturated rings. The number of hydrogen-bond acceptors (Lipinski definition) is 3. The highest BCUT2D eigenvalue weighted by Crippen LogP contribution is 2.19. The molecule has 1 aliphatic heterocycles. The van der Waals surface area contributed by atoms with Crippen molar-refractivity contribution in [1.82, 2.24) is 4.90 Å². The van der Waals surface area contributed by atoms with Crippen molar-refractivity contribution in [2.75, 3.05) is 24.7 Å². The van der Waals surface area contributed by atoms with E-state index in [4.69, 9.17) is 5.11 Å². The van der Waals surface area contributed by atoms with Crippen LogP contribution in [0.4, 0.5) is 4.39 Å². The normalized spacial score (nSPS) is 19.4. The Hall–Kier alpha value is -1.02. The molecule has 2 nitrogen and oxygen atoms in total. The van der Waals surface area contributed by atoms with E-state index in [1.807, 2.05) is 17.8 Å². The average Bonchev–Trinajstić information content (AvgIpc) is 2.41. The summed E-state index contributed by atoms with van der Waals surface area (Å²) < 4.78 is 13.6. The van der Waals surface area contributed by atoms with Crippen molar-refractivity contribution in [2.24, 2.45) is 0 Å². The standard InChI is InChI=1S/C16H20FNOS/c1-13-12-20-7-5-18(13)11-15-8-14(4-2-3-6-19)9-16(17)10-15/h8-10,13,19H,3,5-7,11-12H2,1H3. The Morgan fingerprint density at radius 2 is 2.30 bits per heavy atom. The van der Waals surface area contributed by atoms with E-state index in [-0.39, 0.29) is 12.4 Å². The Bertz CT molecular complexity index is 509. The van der Waals surface area contributed by atoms with Gasteiger partial charge in [-0.3, -0.25) is 4.90 Å².